The van der Waals surface area contributed by atoms with Gasteiger partial charge >= 0.3 is 17.9 Å². The largest absolute Gasteiger partial charge is 0.462 e. The van der Waals surface area contributed by atoms with Gasteiger partial charge in [0.05, 0.1) is 0 Å². The van der Waals surface area contributed by atoms with Gasteiger partial charge in [0.15, 0.2) is 6.10 Å². The van der Waals surface area contributed by atoms with Gasteiger partial charge in [-0.15, -0.1) is 0 Å². The van der Waals surface area contributed by atoms with E-state index in [1.54, 1.807) is 0 Å². The molecule has 0 amide bonds. The van der Waals surface area contributed by atoms with E-state index in [9.17, 15) is 14.4 Å². The minimum atomic E-state index is -0.767. The lowest BCUT2D eigenvalue weighted by molar-refractivity contribution is -0.167. The summed E-state index contributed by atoms with van der Waals surface area (Å²) >= 11 is 0. The number of ether oxygens (including phenoxy) is 3. The third-order valence-electron chi connectivity index (χ3n) is 15.5. The zero-order chi connectivity index (χ0) is 53.6. The molecule has 0 aromatic heterocycles. The third-order valence-corrected chi connectivity index (χ3v) is 15.5. The number of allylic oxidation sites excluding steroid dienone is 2. The van der Waals surface area contributed by atoms with Gasteiger partial charge in [0.1, 0.15) is 13.2 Å². The lowest BCUT2D eigenvalue weighted by Crippen LogP contribution is -2.30. The maximum Gasteiger partial charge on any atom is 0.306 e. The van der Waals surface area contributed by atoms with Gasteiger partial charge in [-0.1, -0.05) is 335 Å². The molecule has 0 aromatic rings. The van der Waals surface area contributed by atoms with Crippen molar-refractivity contribution in [3.05, 3.63) is 12.2 Å². The second kappa shape index (κ2) is 63.7. The third kappa shape index (κ3) is 61.0. The number of hydrogen-bond donors (Lipinski definition) is 0. The Balaban J connectivity index is 3.99. The van der Waals surface area contributed by atoms with E-state index >= 15 is 0 Å². The Morgan fingerprint density at radius 2 is 0.446 bits per heavy atom. The second-order valence-electron chi connectivity index (χ2n) is 23.1. The van der Waals surface area contributed by atoms with E-state index in [1.165, 1.54) is 289 Å². The number of hydrogen-bond acceptors (Lipinski definition) is 6. The summed E-state index contributed by atoms with van der Waals surface area (Å²) in [6.07, 6.45) is 75.5. The van der Waals surface area contributed by atoms with Gasteiger partial charge in [-0.3, -0.25) is 14.4 Å². The molecular formula is C68H130O6. The first-order valence-electron chi connectivity index (χ1n) is 33.7. The smallest absolute Gasteiger partial charge is 0.306 e. The fraction of sp³-hybridized carbons (Fsp3) is 0.926. The van der Waals surface area contributed by atoms with Crippen LogP contribution in [-0.4, -0.2) is 37.2 Å². The highest BCUT2D eigenvalue weighted by molar-refractivity contribution is 5.71. The Hall–Kier alpha value is -1.85. The van der Waals surface area contributed by atoms with Crippen LogP contribution < -0.4 is 0 Å². The van der Waals surface area contributed by atoms with E-state index in [4.69, 9.17) is 14.2 Å². The van der Waals surface area contributed by atoms with Crippen LogP contribution >= 0.6 is 0 Å². The van der Waals surface area contributed by atoms with E-state index < -0.39 is 6.10 Å². The molecule has 0 aliphatic carbocycles. The molecule has 0 bridgehead atoms. The minimum Gasteiger partial charge on any atom is -0.462 e. The first-order chi connectivity index (χ1) is 36.5. The normalized spacial score (nSPS) is 12.0. The highest BCUT2D eigenvalue weighted by Gasteiger charge is 2.19. The van der Waals surface area contributed by atoms with E-state index in [0.29, 0.717) is 19.3 Å². The van der Waals surface area contributed by atoms with Gasteiger partial charge in [-0.25, -0.2) is 0 Å². The van der Waals surface area contributed by atoms with Crippen LogP contribution in [0, 0.1) is 0 Å². The predicted octanol–water partition coefficient (Wildman–Crippen LogP) is 22.8. The van der Waals surface area contributed by atoms with Crippen molar-refractivity contribution in [1.82, 2.24) is 0 Å². The van der Waals surface area contributed by atoms with Crippen LogP contribution in [0.3, 0.4) is 0 Å². The Labute approximate surface area is 462 Å². The average molecular weight is 1040 g/mol. The van der Waals surface area contributed by atoms with Crippen LogP contribution in [0.15, 0.2) is 12.2 Å². The Kier molecular flexibility index (Phi) is 62.1. The summed E-state index contributed by atoms with van der Waals surface area (Å²) in [5.41, 5.74) is 0. The number of esters is 3. The zero-order valence-corrected chi connectivity index (χ0v) is 50.4. The van der Waals surface area contributed by atoms with E-state index in [0.717, 1.165) is 57.8 Å². The molecule has 438 valence electrons. The van der Waals surface area contributed by atoms with Crippen molar-refractivity contribution in [3.8, 4) is 0 Å². The maximum atomic E-state index is 12.8. The fourth-order valence-electron chi connectivity index (χ4n) is 10.4. The molecule has 0 aliphatic heterocycles. The SMILES string of the molecule is CCCCCCCC/C=C\CCCCCCCCCC(=O)OC(COC(=O)CCCCCCCCCC)COC(=O)CCCCCCCCCCCCCCCCCCCCCCCCCCCCCCCCC. The first kappa shape index (κ1) is 72.2. The van der Waals surface area contributed by atoms with Crippen molar-refractivity contribution in [1.29, 1.82) is 0 Å². The molecule has 0 radical (unpaired) electrons. The standard InChI is InChI=1S/C68H130O6/c1-4-7-10-13-16-19-21-23-25-27-28-29-30-31-32-33-34-35-36-37-38-39-40-42-43-45-47-49-52-55-58-61-67(70)73-64-65(63-72-66(69)60-57-54-51-18-15-12-9-6-3)74-68(71)62-59-56-53-50-48-46-44-41-26-24-22-20-17-14-11-8-5-2/h24,26,65H,4-23,25,27-64H2,1-3H3/b26-24-. The van der Waals surface area contributed by atoms with E-state index in [2.05, 4.69) is 32.9 Å². The maximum absolute atomic E-state index is 12.8. The molecule has 0 rings (SSSR count). The molecule has 6 heteroatoms. The lowest BCUT2D eigenvalue weighted by atomic mass is 10.0. The average Bonchev–Trinajstić information content (AvgIpc) is 3.40. The summed E-state index contributed by atoms with van der Waals surface area (Å²) in [5, 5.41) is 0. The molecule has 0 N–H and O–H groups in total. The van der Waals surface area contributed by atoms with Gasteiger partial charge in [-0.2, -0.15) is 0 Å². The van der Waals surface area contributed by atoms with Crippen molar-refractivity contribution < 1.29 is 28.6 Å². The van der Waals surface area contributed by atoms with Crippen molar-refractivity contribution >= 4 is 17.9 Å². The van der Waals surface area contributed by atoms with Gasteiger partial charge in [0.25, 0.3) is 0 Å². The van der Waals surface area contributed by atoms with Gasteiger partial charge in [0.2, 0.25) is 0 Å². The summed E-state index contributed by atoms with van der Waals surface area (Å²) in [6, 6.07) is 0. The van der Waals surface area contributed by atoms with Crippen molar-refractivity contribution in [2.24, 2.45) is 0 Å². The summed E-state index contributed by atoms with van der Waals surface area (Å²) < 4.78 is 16.9. The Morgan fingerprint density at radius 1 is 0.257 bits per heavy atom. The summed E-state index contributed by atoms with van der Waals surface area (Å²) in [5.74, 6) is -0.848. The monoisotopic (exact) mass is 1040 g/mol. The molecule has 0 spiro atoms. The Morgan fingerprint density at radius 3 is 0.676 bits per heavy atom. The van der Waals surface area contributed by atoms with E-state index in [1.807, 2.05) is 0 Å². The van der Waals surface area contributed by atoms with Gasteiger partial charge < -0.3 is 14.2 Å². The van der Waals surface area contributed by atoms with Crippen LogP contribution in [0.25, 0.3) is 0 Å². The van der Waals surface area contributed by atoms with Crippen molar-refractivity contribution in [3.63, 3.8) is 0 Å². The summed E-state index contributed by atoms with van der Waals surface area (Å²) in [4.78, 5) is 38.1. The van der Waals surface area contributed by atoms with Crippen LogP contribution in [0.5, 0.6) is 0 Å². The Bertz CT molecular complexity index is 1150. The summed E-state index contributed by atoms with van der Waals surface area (Å²) in [7, 11) is 0. The van der Waals surface area contributed by atoms with Crippen LogP contribution in [0.2, 0.25) is 0 Å². The van der Waals surface area contributed by atoms with Crippen LogP contribution in [0.1, 0.15) is 387 Å². The molecule has 0 saturated heterocycles. The number of rotatable bonds is 63. The van der Waals surface area contributed by atoms with Gasteiger partial charge in [-0.05, 0) is 44.9 Å². The summed E-state index contributed by atoms with van der Waals surface area (Å²) in [6.45, 7) is 6.67. The van der Waals surface area contributed by atoms with Crippen molar-refractivity contribution in [2.45, 2.75) is 393 Å². The van der Waals surface area contributed by atoms with Gasteiger partial charge in [0, 0.05) is 19.3 Å². The van der Waals surface area contributed by atoms with Crippen LogP contribution in [-0.2, 0) is 28.6 Å². The lowest BCUT2D eigenvalue weighted by Gasteiger charge is -2.18. The second-order valence-corrected chi connectivity index (χ2v) is 23.1. The molecule has 0 heterocycles. The molecular weight excluding hydrogens is 913 g/mol. The molecule has 0 aliphatic rings. The molecule has 1 atom stereocenters. The van der Waals surface area contributed by atoms with Crippen molar-refractivity contribution in [2.75, 3.05) is 13.2 Å². The number of carbonyl (C=O) groups is 3. The first-order valence-corrected chi connectivity index (χ1v) is 33.7. The quantitative estimate of drug-likeness (QED) is 0.0261. The highest BCUT2D eigenvalue weighted by atomic mass is 16.6. The highest BCUT2D eigenvalue weighted by Crippen LogP contribution is 2.19. The molecule has 0 saturated carbocycles. The zero-order valence-electron chi connectivity index (χ0n) is 50.4. The molecule has 0 aromatic carbocycles. The predicted molar refractivity (Wildman–Crippen MR) is 321 cm³/mol. The molecule has 1 unspecified atom stereocenters. The number of unbranched alkanes of at least 4 members (excludes halogenated alkanes) is 50. The number of carbonyl (C=O) groups excluding carboxylic acids is 3. The topological polar surface area (TPSA) is 78.9 Å². The minimum absolute atomic E-state index is 0.0660. The van der Waals surface area contributed by atoms with E-state index in [-0.39, 0.29) is 31.1 Å². The molecule has 74 heavy (non-hydrogen) atoms. The van der Waals surface area contributed by atoms with Crippen LogP contribution in [0.4, 0.5) is 0 Å². The molecule has 6 nitrogen and oxygen atoms in total. The fourth-order valence-corrected chi connectivity index (χ4v) is 10.4. The molecule has 0 fully saturated rings.